The summed E-state index contributed by atoms with van der Waals surface area (Å²) in [4.78, 5) is 0. The van der Waals surface area contributed by atoms with E-state index in [0.717, 1.165) is 24.0 Å². The molecular formula is C18H24N2O4S. The van der Waals surface area contributed by atoms with Crippen molar-refractivity contribution < 1.29 is 18.9 Å². The molecule has 7 heteroatoms. The fourth-order valence-corrected chi connectivity index (χ4v) is 4.18. The summed E-state index contributed by atoms with van der Waals surface area (Å²) in [5.74, 6) is 0.575. The predicted molar refractivity (Wildman–Crippen MR) is 101 cm³/mol. The monoisotopic (exact) mass is 364 g/mol. The molecular weight excluding hydrogens is 340 g/mol. The Morgan fingerprint density at radius 3 is 2.56 bits per heavy atom. The number of aliphatic hydroxyl groups excluding tert-OH is 1. The van der Waals surface area contributed by atoms with Crippen LogP contribution in [0.3, 0.4) is 0 Å². The number of aryl methyl sites for hydroxylation is 1. The quantitative estimate of drug-likeness (QED) is 0.627. The van der Waals surface area contributed by atoms with E-state index in [1.54, 1.807) is 0 Å². The molecule has 1 aliphatic rings. The number of hydrogen-bond donors (Lipinski definition) is 4. The first-order valence-electron chi connectivity index (χ1n) is 8.30. The fraction of sp³-hybridized carbons (Fsp3) is 0.333. The van der Waals surface area contributed by atoms with Crippen LogP contribution in [0.25, 0.3) is 0 Å². The van der Waals surface area contributed by atoms with Gasteiger partial charge in [0.15, 0.2) is 0 Å². The van der Waals surface area contributed by atoms with E-state index in [9.17, 15) is 14.2 Å². The predicted octanol–water partition coefficient (Wildman–Crippen LogP) is 3.53. The Bertz CT molecular complexity index is 711. The Kier molecular flexibility index (Phi) is 5.51. The summed E-state index contributed by atoms with van der Waals surface area (Å²) in [5, 5.41) is 9.74. The number of nitrogens with one attached hydrogen (secondary N) is 1. The molecule has 1 saturated heterocycles. The molecule has 1 aliphatic heterocycles. The van der Waals surface area contributed by atoms with Crippen LogP contribution in [0.1, 0.15) is 24.5 Å². The number of hydrogen-bond acceptors (Lipinski definition) is 6. The van der Waals surface area contributed by atoms with Crippen LogP contribution in [-0.4, -0.2) is 27.0 Å². The number of benzene rings is 2. The van der Waals surface area contributed by atoms with Crippen molar-refractivity contribution in [3.8, 4) is 5.75 Å². The van der Waals surface area contributed by atoms with E-state index >= 15 is 0 Å². The van der Waals surface area contributed by atoms with Crippen LogP contribution in [0, 0.1) is 0 Å². The highest BCUT2D eigenvalue weighted by molar-refractivity contribution is 8.24. The van der Waals surface area contributed by atoms with Crippen molar-refractivity contribution >= 4 is 16.6 Å². The summed E-state index contributed by atoms with van der Waals surface area (Å²) in [6.07, 6.45) is 0.928. The van der Waals surface area contributed by atoms with Crippen LogP contribution in [0.4, 0.5) is 5.69 Å². The third kappa shape index (κ3) is 4.26. The zero-order valence-electron chi connectivity index (χ0n) is 14.1. The van der Waals surface area contributed by atoms with Crippen molar-refractivity contribution in [3.63, 3.8) is 0 Å². The van der Waals surface area contributed by atoms with Gasteiger partial charge in [-0.1, -0.05) is 60.7 Å². The summed E-state index contributed by atoms with van der Waals surface area (Å²) < 4.78 is 30.2. The lowest BCUT2D eigenvalue weighted by Crippen LogP contribution is -2.26. The molecule has 0 spiro atoms. The summed E-state index contributed by atoms with van der Waals surface area (Å²) in [6.45, 7) is 2.57. The zero-order valence-corrected chi connectivity index (χ0v) is 14.9. The molecule has 0 aliphatic carbocycles. The summed E-state index contributed by atoms with van der Waals surface area (Å²) in [6, 6.07) is 15.5. The molecule has 2 aromatic carbocycles. The van der Waals surface area contributed by atoms with Crippen LogP contribution in [-0.2, 0) is 13.0 Å². The largest absolute Gasteiger partial charge is 0.487 e. The third-order valence-electron chi connectivity index (χ3n) is 4.01. The van der Waals surface area contributed by atoms with Crippen molar-refractivity contribution in [1.82, 2.24) is 4.72 Å². The van der Waals surface area contributed by atoms with Gasteiger partial charge >= 0.3 is 0 Å². The standard InChI is InChI=1S/C18H24N2O4S/c1-2-6-14-9-10-16(20-12-18(21)19-25(20,22)23)17(11-14)24-13-15-7-4-3-5-8-15/h3-5,7-11,18-19,21-23H,2,6,12-13H2,1H3. The molecule has 0 radical (unpaired) electrons. The Morgan fingerprint density at radius 2 is 1.92 bits per heavy atom. The third-order valence-corrected chi connectivity index (χ3v) is 5.56. The molecule has 136 valence electrons. The van der Waals surface area contributed by atoms with Crippen molar-refractivity contribution in [1.29, 1.82) is 0 Å². The fourth-order valence-electron chi connectivity index (χ4n) is 2.84. The maximum Gasteiger partial charge on any atom is 0.145 e. The van der Waals surface area contributed by atoms with Gasteiger partial charge in [-0.3, -0.25) is 13.4 Å². The maximum absolute atomic E-state index is 10.2. The molecule has 1 unspecified atom stereocenters. The second kappa shape index (κ2) is 7.63. The smallest absolute Gasteiger partial charge is 0.145 e. The first-order chi connectivity index (χ1) is 12.0. The molecule has 2 aromatic rings. The molecule has 1 fully saturated rings. The van der Waals surface area contributed by atoms with Crippen molar-refractivity contribution in [2.45, 2.75) is 32.6 Å². The van der Waals surface area contributed by atoms with Crippen LogP contribution in [0.5, 0.6) is 5.75 Å². The SMILES string of the molecule is CCCc1ccc(N2CC(O)NS2(O)O)c(OCc2ccccc2)c1. The van der Waals surface area contributed by atoms with E-state index in [-0.39, 0.29) is 6.54 Å². The molecule has 0 saturated carbocycles. The lowest BCUT2D eigenvalue weighted by Gasteiger charge is -2.37. The molecule has 6 nitrogen and oxygen atoms in total. The Morgan fingerprint density at radius 1 is 1.16 bits per heavy atom. The van der Waals surface area contributed by atoms with Gasteiger partial charge in [0.2, 0.25) is 0 Å². The van der Waals surface area contributed by atoms with Crippen LogP contribution in [0.2, 0.25) is 0 Å². The number of aliphatic hydroxyl groups is 1. The number of β-amino-alcohol motifs (C(OH)–C–C–N with tert-alkyl or cyclic N) is 1. The van der Waals surface area contributed by atoms with E-state index in [1.807, 2.05) is 48.5 Å². The Labute approximate surface area is 149 Å². The van der Waals surface area contributed by atoms with E-state index in [2.05, 4.69) is 11.6 Å². The van der Waals surface area contributed by atoms with Crippen LogP contribution < -0.4 is 13.8 Å². The molecule has 0 aromatic heterocycles. The van der Waals surface area contributed by atoms with Crippen LogP contribution in [0.15, 0.2) is 48.5 Å². The van der Waals surface area contributed by atoms with Gasteiger partial charge in [0.1, 0.15) is 24.3 Å². The molecule has 1 atom stereocenters. The highest BCUT2D eigenvalue weighted by Gasteiger charge is 2.36. The summed E-state index contributed by atoms with van der Waals surface area (Å²) in [7, 11) is -3.27. The lowest BCUT2D eigenvalue weighted by molar-refractivity contribution is 0.181. The topological polar surface area (TPSA) is 85.2 Å². The summed E-state index contributed by atoms with van der Waals surface area (Å²) >= 11 is 0. The molecule has 0 amide bonds. The molecule has 3 rings (SSSR count). The van der Waals surface area contributed by atoms with Crippen molar-refractivity contribution in [3.05, 3.63) is 59.7 Å². The second-order valence-corrected chi connectivity index (χ2v) is 7.75. The second-order valence-electron chi connectivity index (χ2n) is 6.04. The van der Waals surface area contributed by atoms with Gasteiger partial charge < -0.3 is 9.84 Å². The average molecular weight is 364 g/mol. The maximum atomic E-state index is 10.2. The van der Waals surface area contributed by atoms with Gasteiger partial charge in [-0.2, -0.15) is 4.72 Å². The highest BCUT2D eigenvalue weighted by atomic mass is 32.3. The number of rotatable bonds is 6. The first kappa shape index (κ1) is 18.0. The van der Waals surface area contributed by atoms with E-state index in [0.29, 0.717) is 18.0 Å². The first-order valence-corrected chi connectivity index (χ1v) is 9.81. The minimum Gasteiger partial charge on any atom is -0.487 e. The van der Waals surface area contributed by atoms with Gasteiger partial charge in [-0.25, -0.2) is 0 Å². The van der Waals surface area contributed by atoms with Gasteiger partial charge in [-0.05, 0) is 29.7 Å². The molecule has 25 heavy (non-hydrogen) atoms. The van der Waals surface area contributed by atoms with Gasteiger partial charge in [-0.15, -0.1) is 0 Å². The lowest BCUT2D eigenvalue weighted by atomic mass is 10.1. The highest BCUT2D eigenvalue weighted by Crippen LogP contribution is 2.49. The van der Waals surface area contributed by atoms with Crippen molar-refractivity contribution in [2.75, 3.05) is 10.8 Å². The molecule has 0 bridgehead atoms. The Hall–Kier alpha value is -1.77. The Balaban J connectivity index is 1.88. The minimum atomic E-state index is -3.27. The van der Waals surface area contributed by atoms with E-state index < -0.39 is 17.2 Å². The van der Waals surface area contributed by atoms with E-state index in [1.165, 1.54) is 4.31 Å². The minimum absolute atomic E-state index is 0.0805. The summed E-state index contributed by atoms with van der Waals surface area (Å²) in [5.41, 5.74) is 2.71. The van der Waals surface area contributed by atoms with Gasteiger partial charge in [0.05, 0.1) is 6.54 Å². The number of nitrogens with zero attached hydrogens (tertiary/aromatic N) is 1. The average Bonchev–Trinajstić information content (AvgIpc) is 2.86. The van der Waals surface area contributed by atoms with Crippen molar-refractivity contribution in [2.24, 2.45) is 0 Å². The zero-order chi connectivity index (χ0) is 17.9. The van der Waals surface area contributed by atoms with E-state index in [4.69, 9.17) is 4.74 Å². The molecule has 1 heterocycles. The molecule has 4 N–H and O–H groups in total. The number of anilines is 1. The van der Waals surface area contributed by atoms with Gasteiger partial charge in [0.25, 0.3) is 0 Å². The van der Waals surface area contributed by atoms with Crippen LogP contribution >= 0.6 is 11.0 Å². The van der Waals surface area contributed by atoms with Gasteiger partial charge in [0, 0.05) is 0 Å². The normalized spacial score (nSPS) is 20.5. The number of ether oxygens (including phenoxy) is 1.